The fourth-order valence-corrected chi connectivity index (χ4v) is 0.869. The lowest BCUT2D eigenvalue weighted by Crippen LogP contribution is -2.39. The SMILES string of the molecule is CCOC(=O)C(CC)NCC(F)F. The number of hydrogen-bond donors (Lipinski definition) is 1. The van der Waals surface area contributed by atoms with Crippen molar-refractivity contribution in [3.63, 3.8) is 0 Å². The molecule has 0 aromatic heterocycles. The van der Waals surface area contributed by atoms with Crippen LogP contribution in [0.25, 0.3) is 0 Å². The third kappa shape index (κ3) is 5.52. The van der Waals surface area contributed by atoms with Gasteiger partial charge >= 0.3 is 5.97 Å². The average molecular weight is 195 g/mol. The monoisotopic (exact) mass is 195 g/mol. The van der Waals surface area contributed by atoms with Crippen molar-refractivity contribution in [2.45, 2.75) is 32.7 Å². The number of esters is 1. The quantitative estimate of drug-likeness (QED) is 0.647. The van der Waals surface area contributed by atoms with Crippen molar-refractivity contribution < 1.29 is 18.3 Å². The van der Waals surface area contributed by atoms with E-state index in [9.17, 15) is 13.6 Å². The zero-order valence-electron chi connectivity index (χ0n) is 7.85. The van der Waals surface area contributed by atoms with E-state index in [-0.39, 0.29) is 6.61 Å². The zero-order chi connectivity index (χ0) is 10.3. The number of rotatable bonds is 6. The van der Waals surface area contributed by atoms with E-state index >= 15 is 0 Å². The van der Waals surface area contributed by atoms with E-state index in [4.69, 9.17) is 0 Å². The van der Waals surface area contributed by atoms with Crippen molar-refractivity contribution in [1.82, 2.24) is 5.32 Å². The molecular weight excluding hydrogens is 180 g/mol. The highest BCUT2D eigenvalue weighted by atomic mass is 19.3. The Labute approximate surface area is 76.4 Å². The van der Waals surface area contributed by atoms with Crippen molar-refractivity contribution in [2.75, 3.05) is 13.2 Å². The number of hydrogen-bond acceptors (Lipinski definition) is 3. The topological polar surface area (TPSA) is 38.3 Å². The van der Waals surface area contributed by atoms with Crippen LogP contribution in [0.2, 0.25) is 0 Å². The summed E-state index contributed by atoms with van der Waals surface area (Å²) in [5.41, 5.74) is 0. The smallest absolute Gasteiger partial charge is 0.323 e. The Hall–Kier alpha value is -0.710. The molecule has 0 saturated heterocycles. The van der Waals surface area contributed by atoms with Gasteiger partial charge in [-0.2, -0.15) is 0 Å². The maximum absolute atomic E-state index is 11.8. The van der Waals surface area contributed by atoms with Crippen LogP contribution >= 0.6 is 0 Å². The van der Waals surface area contributed by atoms with Crippen molar-refractivity contribution in [3.05, 3.63) is 0 Å². The number of ether oxygens (including phenoxy) is 1. The lowest BCUT2D eigenvalue weighted by molar-refractivity contribution is -0.145. The summed E-state index contributed by atoms with van der Waals surface area (Å²) < 4.78 is 28.2. The molecule has 0 amide bonds. The maximum atomic E-state index is 11.8. The Bertz CT molecular complexity index is 153. The maximum Gasteiger partial charge on any atom is 0.323 e. The molecule has 0 rings (SSSR count). The first kappa shape index (κ1) is 12.3. The molecule has 0 bridgehead atoms. The Balaban J connectivity index is 3.80. The normalized spacial score (nSPS) is 13.0. The molecule has 0 aromatic rings. The molecule has 13 heavy (non-hydrogen) atoms. The molecule has 0 radical (unpaired) electrons. The van der Waals surface area contributed by atoms with Gasteiger partial charge in [0.05, 0.1) is 13.2 Å². The van der Waals surface area contributed by atoms with Gasteiger partial charge in [-0.1, -0.05) is 6.92 Å². The van der Waals surface area contributed by atoms with Crippen molar-refractivity contribution in [3.8, 4) is 0 Å². The van der Waals surface area contributed by atoms with Crippen molar-refractivity contribution in [2.24, 2.45) is 0 Å². The number of nitrogens with one attached hydrogen (secondary N) is 1. The molecular formula is C8H15F2NO2. The van der Waals surface area contributed by atoms with Crippen LogP contribution in [0.3, 0.4) is 0 Å². The van der Waals surface area contributed by atoms with Crippen LogP contribution in [0.15, 0.2) is 0 Å². The molecule has 5 heteroatoms. The first-order valence-electron chi connectivity index (χ1n) is 4.29. The molecule has 78 valence electrons. The lowest BCUT2D eigenvalue weighted by Gasteiger charge is -2.14. The minimum Gasteiger partial charge on any atom is -0.465 e. The van der Waals surface area contributed by atoms with Crippen LogP contribution in [0.4, 0.5) is 8.78 Å². The second-order valence-corrected chi connectivity index (χ2v) is 2.51. The molecule has 1 atom stereocenters. The van der Waals surface area contributed by atoms with E-state index < -0.39 is 25.0 Å². The van der Waals surface area contributed by atoms with E-state index in [0.717, 1.165) is 0 Å². The summed E-state index contributed by atoms with van der Waals surface area (Å²) in [5.74, 6) is -0.467. The van der Waals surface area contributed by atoms with Gasteiger partial charge in [-0.3, -0.25) is 10.1 Å². The fraction of sp³-hybridized carbons (Fsp3) is 0.875. The lowest BCUT2D eigenvalue weighted by atomic mass is 10.2. The van der Waals surface area contributed by atoms with E-state index in [2.05, 4.69) is 10.1 Å². The predicted octanol–water partition coefficient (Wildman–Crippen LogP) is 1.18. The van der Waals surface area contributed by atoms with Crippen LogP contribution in [0.1, 0.15) is 20.3 Å². The van der Waals surface area contributed by atoms with Gasteiger partial charge in [0, 0.05) is 0 Å². The van der Waals surface area contributed by atoms with Crippen LogP contribution in [0, 0.1) is 0 Å². The first-order chi connectivity index (χ1) is 6.11. The van der Waals surface area contributed by atoms with Gasteiger partial charge in [-0.15, -0.1) is 0 Å². The summed E-state index contributed by atoms with van der Waals surface area (Å²) in [5, 5.41) is 2.43. The molecule has 0 heterocycles. The first-order valence-corrected chi connectivity index (χ1v) is 4.29. The Morgan fingerprint density at radius 1 is 1.46 bits per heavy atom. The molecule has 0 aliphatic carbocycles. The molecule has 0 aliphatic heterocycles. The van der Waals surface area contributed by atoms with Crippen molar-refractivity contribution in [1.29, 1.82) is 0 Å². The summed E-state index contributed by atoms with van der Waals surface area (Å²) in [4.78, 5) is 11.1. The van der Waals surface area contributed by atoms with E-state index in [1.54, 1.807) is 13.8 Å². The molecule has 0 aromatic carbocycles. The van der Waals surface area contributed by atoms with Gasteiger partial charge in [-0.25, -0.2) is 8.78 Å². The summed E-state index contributed by atoms with van der Waals surface area (Å²) >= 11 is 0. The second kappa shape index (κ2) is 6.77. The van der Waals surface area contributed by atoms with Crippen LogP contribution in [0.5, 0.6) is 0 Å². The molecule has 0 aliphatic rings. The molecule has 1 unspecified atom stereocenters. The molecule has 0 spiro atoms. The third-order valence-electron chi connectivity index (χ3n) is 1.50. The van der Waals surface area contributed by atoms with E-state index in [1.165, 1.54) is 0 Å². The Morgan fingerprint density at radius 2 is 2.08 bits per heavy atom. The van der Waals surface area contributed by atoms with E-state index in [1.807, 2.05) is 0 Å². The van der Waals surface area contributed by atoms with Crippen LogP contribution < -0.4 is 5.32 Å². The summed E-state index contributed by atoms with van der Waals surface area (Å²) in [7, 11) is 0. The van der Waals surface area contributed by atoms with Gasteiger partial charge in [0.25, 0.3) is 6.43 Å². The fourth-order valence-electron chi connectivity index (χ4n) is 0.869. The zero-order valence-corrected chi connectivity index (χ0v) is 7.85. The van der Waals surface area contributed by atoms with Gasteiger partial charge in [0.2, 0.25) is 0 Å². The van der Waals surface area contributed by atoms with Gasteiger partial charge < -0.3 is 4.74 Å². The minimum atomic E-state index is -2.44. The summed E-state index contributed by atoms with van der Waals surface area (Å²) in [6.07, 6.45) is -1.99. The van der Waals surface area contributed by atoms with E-state index in [0.29, 0.717) is 6.42 Å². The molecule has 1 N–H and O–H groups in total. The summed E-state index contributed by atoms with van der Waals surface area (Å²) in [6.45, 7) is 3.21. The van der Waals surface area contributed by atoms with Crippen molar-refractivity contribution >= 4 is 5.97 Å². The third-order valence-corrected chi connectivity index (χ3v) is 1.50. The molecule has 0 saturated carbocycles. The average Bonchev–Trinajstić information content (AvgIpc) is 2.05. The van der Waals surface area contributed by atoms with Crippen LogP contribution in [-0.2, 0) is 9.53 Å². The number of alkyl halides is 2. The molecule has 3 nitrogen and oxygen atoms in total. The highest BCUT2D eigenvalue weighted by Crippen LogP contribution is 1.97. The number of carbonyl (C=O) groups is 1. The standard InChI is InChI=1S/C8H15F2NO2/c1-3-6(8(12)13-4-2)11-5-7(9)10/h6-7,11H,3-5H2,1-2H3. The second-order valence-electron chi connectivity index (χ2n) is 2.51. The highest BCUT2D eigenvalue weighted by molar-refractivity contribution is 5.75. The van der Waals surface area contributed by atoms with Gasteiger partial charge in [0.1, 0.15) is 6.04 Å². The van der Waals surface area contributed by atoms with Gasteiger partial charge in [-0.05, 0) is 13.3 Å². The predicted molar refractivity (Wildman–Crippen MR) is 44.7 cm³/mol. The number of carbonyl (C=O) groups excluding carboxylic acids is 1. The molecule has 0 fully saturated rings. The number of halogens is 2. The van der Waals surface area contributed by atoms with Crippen LogP contribution in [-0.4, -0.2) is 31.6 Å². The summed E-state index contributed by atoms with van der Waals surface area (Å²) in [6, 6.07) is -0.617. The largest absolute Gasteiger partial charge is 0.465 e. The Kier molecular flexibility index (Phi) is 6.40. The Morgan fingerprint density at radius 3 is 2.46 bits per heavy atom. The minimum absolute atomic E-state index is 0.270. The highest BCUT2D eigenvalue weighted by Gasteiger charge is 2.17. The van der Waals surface area contributed by atoms with Gasteiger partial charge in [0.15, 0.2) is 0 Å².